The van der Waals surface area contributed by atoms with Crippen LogP contribution in [0.5, 0.6) is 0 Å². The third-order valence-electron chi connectivity index (χ3n) is 4.92. The normalized spacial score (nSPS) is 23.9. The number of likely N-dealkylation sites (N-methyl/N-ethyl adjacent to an activating group) is 1. The first-order valence-corrected chi connectivity index (χ1v) is 7.84. The van der Waals surface area contributed by atoms with Gasteiger partial charge in [0, 0.05) is 18.5 Å². The van der Waals surface area contributed by atoms with E-state index in [-0.39, 0.29) is 36.8 Å². The van der Waals surface area contributed by atoms with Gasteiger partial charge in [-0.3, -0.25) is 4.79 Å². The van der Waals surface area contributed by atoms with E-state index in [4.69, 9.17) is 0 Å². The Kier molecular flexibility index (Phi) is 9.17. The third kappa shape index (κ3) is 5.27. The highest BCUT2D eigenvalue weighted by Crippen LogP contribution is 2.58. The molecule has 0 radical (unpaired) electrons. The average molecular weight is 340 g/mol. The maximum atomic E-state index is 12.3. The maximum Gasteiger partial charge on any atom is 0.223 e. The maximum absolute atomic E-state index is 12.3. The molecule has 0 aromatic heterocycles. The van der Waals surface area contributed by atoms with Crippen LogP contribution in [0.2, 0.25) is 0 Å². The van der Waals surface area contributed by atoms with Gasteiger partial charge in [0.1, 0.15) is 0 Å². The molecule has 2 atom stereocenters. The van der Waals surface area contributed by atoms with Crippen molar-refractivity contribution in [2.45, 2.75) is 46.1 Å². The van der Waals surface area contributed by atoms with Crippen molar-refractivity contribution in [3.05, 3.63) is 0 Å². The highest BCUT2D eigenvalue weighted by atomic mass is 35.5. The van der Waals surface area contributed by atoms with Gasteiger partial charge in [0.15, 0.2) is 0 Å². The molecule has 1 amide bonds. The number of hydrogen-bond acceptors (Lipinski definition) is 3. The Morgan fingerprint density at radius 3 is 2.38 bits per heavy atom. The number of rotatable bonds is 6. The molecular formula is C15H31Cl2N3O. The van der Waals surface area contributed by atoms with Crippen LogP contribution in [-0.2, 0) is 4.79 Å². The van der Waals surface area contributed by atoms with Crippen LogP contribution in [0.3, 0.4) is 0 Å². The highest BCUT2D eigenvalue weighted by molar-refractivity contribution is 5.85. The number of carbonyl (C=O) groups is 1. The molecule has 21 heavy (non-hydrogen) atoms. The van der Waals surface area contributed by atoms with Crippen molar-refractivity contribution >= 4 is 30.7 Å². The second kappa shape index (κ2) is 9.19. The molecule has 126 valence electrons. The Bertz CT molecular complexity index is 318. The van der Waals surface area contributed by atoms with Gasteiger partial charge < -0.3 is 15.5 Å². The van der Waals surface area contributed by atoms with Gasteiger partial charge in [-0.25, -0.2) is 0 Å². The molecular weight excluding hydrogens is 309 g/mol. The lowest BCUT2D eigenvalue weighted by Crippen LogP contribution is -2.43. The Balaban J connectivity index is 0.00000200. The Labute approximate surface area is 141 Å². The van der Waals surface area contributed by atoms with Crippen LogP contribution in [-0.4, -0.2) is 49.6 Å². The lowest BCUT2D eigenvalue weighted by molar-refractivity contribution is -0.124. The fourth-order valence-corrected chi connectivity index (χ4v) is 3.45. The summed E-state index contributed by atoms with van der Waals surface area (Å²) in [6, 6.07) is 0.256. The summed E-state index contributed by atoms with van der Waals surface area (Å²) in [5.41, 5.74) is 0.351. The minimum Gasteiger partial charge on any atom is -0.352 e. The van der Waals surface area contributed by atoms with Gasteiger partial charge in [-0.05, 0) is 57.8 Å². The van der Waals surface area contributed by atoms with Crippen LogP contribution >= 0.6 is 24.8 Å². The van der Waals surface area contributed by atoms with E-state index in [0.717, 1.165) is 39.1 Å². The van der Waals surface area contributed by atoms with Crippen LogP contribution in [0.25, 0.3) is 0 Å². The molecule has 0 bridgehead atoms. The predicted octanol–water partition coefficient (Wildman–Crippen LogP) is 2.07. The number of carbonyl (C=O) groups excluding carboxylic acids is 1. The fraction of sp³-hybridized carbons (Fsp3) is 0.933. The molecule has 6 heteroatoms. The van der Waals surface area contributed by atoms with Crippen molar-refractivity contribution in [1.82, 2.24) is 15.5 Å². The van der Waals surface area contributed by atoms with Gasteiger partial charge in [-0.2, -0.15) is 0 Å². The standard InChI is InChI=1S/C15H29N3O.2ClH/c1-4-18(5-2)11-12(3)17-14(19)13-10-15(13)6-8-16-9-7-15;;/h12-13,16H,4-11H2,1-3H3,(H,17,19);2*1H. The van der Waals surface area contributed by atoms with Crippen LogP contribution in [0.15, 0.2) is 0 Å². The van der Waals surface area contributed by atoms with Crippen molar-refractivity contribution in [2.24, 2.45) is 11.3 Å². The van der Waals surface area contributed by atoms with Gasteiger partial charge in [-0.1, -0.05) is 13.8 Å². The number of nitrogens with one attached hydrogen (secondary N) is 2. The van der Waals surface area contributed by atoms with Gasteiger partial charge in [0.05, 0.1) is 0 Å². The molecule has 4 nitrogen and oxygen atoms in total. The summed E-state index contributed by atoms with van der Waals surface area (Å²) in [6.07, 6.45) is 3.46. The molecule has 2 fully saturated rings. The Hall–Kier alpha value is -0.0300. The smallest absolute Gasteiger partial charge is 0.223 e. The first-order chi connectivity index (χ1) is 9.11. The second-order valence-corrected chi connectivity index (χ2v) is 6.26. The molecule has 2 unspecified atom stereocenters. The average Bonchev–Trinajstić information content (AvgIpc) is 3.10. The number of halogens is 2. The molecule has 0 aromatic carbocycles. The van der Waals surface area contributed by atoms with Gasteiger partial charge in [0.2, 0.25) is 5.91 Å². The SMILES string of the molecule is CCN(CC)CC(C)NC(=O)C1CC12CCNCC2.Cl.Cl. The van der Waals surface area contributed by atoms with Crippen LogP contribution < -0.4 is 10.6 Å². The molecule has 0 aromatic rings. The van der Waals surface area contributed by atoms with Crippen molar-refractivity contribution in [3.8, 4) is 0 Å². The van der Waals surface area contributed by atoms with E-state index in [1.54, 1.807) is 0 Å². The fourth-order valence-electron chi connectivity index (χ4n) is 3.45. The highest BCUT2D eigenvalue weighted by Gasteiger charge is 2.57. The summed E-state index contributed by atoms with van der Waals surface area (Å²) in [5.74, 6) is 0.579. The summed E-state index contributed by atoms with van der Waals surface area (Å²) in [6.45, 7) is 11.7. The summed E-state index contributed by atoms with van der Waals surface area (Å²) >= 11 is 0. The number of nitrogens with zero attached hydrogens (tertiary/aromatic N) is 1. The Morgan fingerprint density at radius 2 is 1.86 bits per heavy atom. The lowest BCUT2D eigenvalue weighted by Gasteiger charge is -2.25. The molecule has 1 aliphatic heterocycles. The number of hydrogen-bond donors (Lipinski definition) is 2. The molecule has 2 N–H and O–H groups in total. The predicted molar refractivity (Wildman–Crippen MR) is 92.5 cm³/mol. The largest absolute Gasteiger partial charge is 0.352 e. The van der Waals surface area contributed by atoms with E-state index < -0.39 is 0 Å². The zero-order valence-corrected chi connectivity index (χ0v) is 15.1. The van der Waals surface area contributed by atoms with Crippen molar-refractivity contribution in [3.63, 3.8) is 0 Å². The first kappa shape index (κ1) is 21.0. The number of amides is 1. The minimum absolute atomic E-state index is 0. The summed E-state index contributed by atoms with van der Waals surface area (Å²) in [4.78, 5) is 14.7. The van der Waals surface area contributed by atoms with E-state index in [1.165, 1.54) is 12.8 Å². The third-order valence-corrected chi connectivity index (χ3v) is 4.92. The van der Waals surface area contributed by atoms with Gasteiger partial charge >= 0.3 is 0 Å². The molecule has 1 saturated heterocycles. The van der Waals surface area contributed by atoms with Crippen LogP contribution in [0.1, 0.15) is 40.0 Å². The second-order valence-electron chi connectivity index (χ2n) is 6.26. The van der Waals surface area contributed by atoms with Gasteiger partial charge in [-0.15, -0.1) is 24.8 Å². The van der Waals surface area contributed by atoms with E-state index in [2.05, 4.69) is 36.3 Å². The molecule has 1 saturated carbocycles. The summed E-state index contributed by atoms with van der Waals surface area (Å²) in [7, 11) is 0. The molecule has 1 spiro atoms. The number of piperidine rings is 1. The van der Waals surface area contributed by atoms with Crippen molar-refractivity contribution in [2.75, 3.05) is 32.7 Å². The Morgan fingerprint density at radius 1 is 1.29 bits per heavy atom. The summed E-state index contributed by atoms with van der Waals surface area (Å²) < 4.78 is 0. The van der Waals surface area contributed by atoms with Crippen LogP contribution in [0, 0.1) is 11.3 Å². The first-order valence-electron chi connectivity index (χ1n) is 7.84. The minimum atomic E-state index is 0. The van der Waals surface area contributed by atoms with Crippen LogP contribution in [0.4, 0.5) is 0 Å². The quantitative estimate of drug-likeness (QED) is 0.778. The molecule has 1 aliphatic carbocycles. The topological polar surface area (TPSA) is 44.4 Å². The van der Waals surface area contributed by atoms with E-state index in [0.29, 0.717) is 11.3 Å². The molecule has 2 rings (SSSR count). The van der Waals surface area contributed by atoms with E-state index >= 15 is 0 Å². The lowest BCUT2D eigenvalue weighted by atomic mass is 9.91. The van der Waals surface area contributed by atoms with E-state index in [1.807, 2.05) is 0 Å². The molecule has 2 aliphatic rings. The van der Waals surface area contributed by atoms with E-state index in [9.17, 15) is 4.79 Å². The van der Waals surface area contributed by atoms with Gasteiger partial charge in [0.25, 0.3) is 0 Å². The van der Waals surface area contributed by atoms with Crippen molar-refractivity contribution in [1.29, 1.82) is 0 Å². The molecule has 1 heterocycles. The zero-order valence-electron chi connectivity index (χ0n) is 13.5. The summed E-state index contributed by atoms with van der Waals surface area (Å²) in [5, 5.41) is 6.60. The monoisotopic (exact) mass is 339 g/mol. The zero-order chi connectivity index (χ0) is 13.9. The van der Waals surface area contributed by atoms with Crippen molar-refractivity contribution < 1.29 is 4.79 Å².